The Morgan fingerprint density at radius 3 is 2.47 bits per heavy atom. The van der Waals surface area contributed by atoms with Gasteiger partial charge in [0.2, 0.25) is 0 Å². The number of alkyl halides is 1. The lowest BCUT2D eigenvalue weighted by Crippen LogP contribution is -2.16. The number of rotatable bonds is 6. The van der Waals surface area contributed by atoms with Gasteiger partial charge in [0.15, 0.2) is 22.3 Å². The minimum atomic E-state index is -0.508. The Hall–Kier alpha value is -3.75. The van der Waals surface area contributed by atoms with Gasteiger partial charge >= 0.3 is 0 Å². The van der Waals surface area contributed by atoms with E-state index in [9.17, 15) is 5.26 Å². The van der Waals surface area contributed by atoms with Crippen molar-refractivity contribution < 1.29 is 9.47 Å². The van der Waals surface area contributed by atoms with Gasteiger partial charge < -0.3 is 20.9 Å². The first-order valence-corrected chi connectivity index (χ1v) is 9.88. The van der Waals surface area contributed by atoms with E-state index in [0.29, 0.717) is 39.8 Å². The number of halogens is 1. The van der Waals surface area contributed by atoms with E-state index in [1.807, 2.05) is 0 Å². The molecule has 0 amide bonds. The molecular weight excluding hydrogens is 446 g/mol. The van der Waals surface area contributed by atoms with Crippen LogP contribution in [-0.4, -0.2) is 10.00 Å². The molecule has 7 nitrogen and oxygen atoms in total. The van der Waals surface area contributed by atoms with E-state index >= 15 is 0 Å². The fourth-order valence-corrected chi connectivity index (χ4v) is 2.94. The van der Waals surface area contributed by atoms with Gasteiger partial charge in [-0.25, -0.2) is 0 Å². The lowest BCUT2D eigenvalue weighted by atomic mass is 10.0. The Kier molecular flexibility index (Phi) is 6.41. The third kappa shape index (κ3) is 4.45. The highest BCUT2D eigenvalue weighted by atomic mass is 79.9. The summed E-state index contributed by atoms with van der Waals surface area (Å²) in [6.45, 7) is 1.75. The highest BCUT2D eigenvalue weighted by Gasteiger charge is 2.19. The summed E-state index contributed by atoms with van der Waals surface area (Å²) in [5.74, 6) is 0.864. The number of nitrogens with zero attached hydrogens (tertiary/aromatic N) is 3. The maximum Gasteiger partial charge on any atom is 0.169 e. The van der Waals surface area contributed by atoms with Crippen molar-refractivity contribution in [3.63, 3.8) is 0 Å². The van der Waals surface area contributed by atoms with Crippen LogP contribution in [-0.2, 0) is 0 Å². The molecule has 0 saturated heterocycles. The molecule has 4 N–H and O–H groups in total. The van der Waals surface area contributed by atoms with Crippen LogP contribution < -0.4 is 20.9 Å². The molecule has 0 radical (unpaired) electrons. The van der Waals surface area contributed by atoms with E-state index in [2.05, 4.69) is 33.1 Å². The van der Waals surface area contributed by atoms with E-state index in [1.165, 1.54) is 0 Å². The Morgan fingerprint density at radius 2 is 1.77 bits per heavy atom. The van der Waals surface area contributed by atoms with E-state index < -0.39 is 5.01 Å². The van der Waals surface area contributed by atoms with Crippen LogP contribution in [0.1, 0.15) is 12.5 Å². The van der Waals surface area contributed by atoms with Crippen LogP contribution in [0.15, 0.2) is 54.7 Å². The molecule has 0 bridgehead atoms. The molecule has 2 unspecified atom stereocenters. The maximum absolute atomic E-state index is 9.17. The maximum atomic E-state index is 9.17. The van der Waals surface area contributed by atoms with Crippen molar-refractivity contribution in [2.45, 2.75) is 11.9 Å². The summed E-state index contributed by atoms with van der Waals surface area (Å²) in [7, 11) is 0. The van der Waals surface area contributed by atoms with E-state index in [-0.39, 0.29) is 11.6 Å². The number of nitrogens with two attached hydrogens (primary N) is 2. The topological polar surface area (TPSA) is 131 Å². The zero-order chi connectivity index (χ0) is 21.7. The first-order valence-electron chi connectivity index (χ1n) is 8.96. The van der Waals surface area contributed by atoms with E-state index in [0.717, 1.165) is 0 Å². The molecule has 0 spiro atoms. The van der Waals surface area contributed by atoms with Crippen molar-refractivity contribution in [1.82, 2.24) is 4.98 Å². The van der Waals surface area contributed by atoms with Gasteiger partial charge in [0.25, 0.3) is 0 Å². The van der Waals surface area contributed by atoms with Crippen molar-refractivity contribution in [3.05, 3.63) is 60.3 Å². The minimum Gasteiger partial charge on any atom is -0.474 e. The summed E-state index contributed by atoms with van der Waals surface area (Å²) >= 11 is 3.36. The lowest BCUT2D eigenvalue weighted by Gasteiger charge is -2.18. The second-order valence-corrected chi connectivity index (χ2v) is 7.32. The first kappa shape index (κ1) is 21.0. The molecule has 0 aliphatic carbocycles. The molecule has 1 aromatic heterocycles. The summed E-state index contributed by atoms with van der Waals surface area (Å²) in [4.78, 5) is 4.32. The number of pyridine rings is 1. The third-order valence-electron chi connectivity index (χ3n) is 4.29. The van der Waals surface area contributed by atoms with Gasteiger partial charge in [-0.1, -0.05) is 12.1 Å². The normalized spacial score (nSPS) is 12.3. The monoisotopic (exact) mass is 463 g/mol. The Morgan fingerprint density at radius 1 is 1.03 bits per heavy atom. The number of anilines is 2. The number of benzene rings is 2. The number of nitriles is 2. The van der Waals surface area contributed by atoms with Gasteiger partial charge in [0, 0.05) is 23.5 Å². The van der Waals surface area contributed by atoms with Gasteiger partial charge in [0.05, 0.1) is 29.3 Å². The molecule has 0 saturated carbocycles. The molecule has 8 heteroatoms. The van der Waals surface area contributed by atoms with Gasteiger partial charge in [-0.05, 0) is 53.2 Å². The van der Waals surface area contributed by atoms with Crippen molar-refractivity contribution in [1.29, 1.82) is 10.5 Å². The Balaban J connectivity index is 1.96. The molecule has 150 valence electrons. The van der Waals surface area contributed by atoms with Gasteiger partial charge in [-0.2, -0.15) is 10.5 Å². The third-order valence-corrected chi connectivity index (χ3v) is 5.27. The quantitative estimate of drug-likeness (QED) is 0.394. The first-order chi connectivity index (χ1) is 14.4. The molecular formula is C22H18BrN5O2. The van der Waals surface area contributed by atoms with Crippen molar-refractivity contribution in [3.8, 4) is 40.6 Å². The smallest absolute Gasteiger partial charge is 0.169 e. The standard InChI is InChI=1S/C22H18BrN5O2/c1-13(11-24)22(23)30-18-5-3-2-4-17(18)29-19-8-9-28-21(20(19)27)15-10-14(12-25)6-7-16(15)26/h2-10,13,22H,26-27H2,1H3. The van der Waals surface area contributed by atoms with E-state index in [4.69, 9.17) is 26.2 Å². The Bertz CT molecular complexity index is 1150. The Labute approximate surface area is 182 Å². The van der Waals surface area contributed by atoms with Gasteiger partial charge in [-0.3, -0.25) is 4.98 Å². The number of hydrogen-bond donors (Lipinski definition) is 2. The molecule has 2 aromatic carbocycles. The number of ether oxygens (including phenoxy) is 2. The number of hydrogen-bond acceptors (Lipinski definition) is 7. The van der Waals surface area contributed by atoms with E-state index in [1.54, 1.807) is 61.7 Å². The molecule has 3 aromatic rings. The van der Waals surface area contributed by atoms with Crippen molar-refractivity contribution in [2.24, 2.45) is 5.92 Å². The van der Waals surface area contributed by atoms with Gasteiger partial charge in [0.1, 0.15) is 5.69 Å². The molecule has 0 fully saturated rings. The van der Waals surface area contributed by atoms with Crippen molar-refractivity contribution >= 4 is 27.3 Å². The molecule has 0 aliphatic rings. The minimum absolute atomic E-state index is 0.273. The second-order valence-electron chi connectivity index (χ2n) is 6.42. The van der Waals surface area contributed by atoms with Crippen LogP contribution in [0.5, 0.6) is 17.2 Å². The average Bonchev–Trinajstić information content (AvgIpc) is 2.76. The predicted molar refractivity (Wildman–Crippen MR) is 118 cm³/mol. The zero-order valence-corrected chi connectivity index (χ0v) is 17.6. The summed E-state index contributed by atoms with van der Waals surface area (Å²) in [6.07, 6.45) is 1.55. The molecule has 2 atom stereocenters. The lowest BCUT2D eigenvalue weighted by molar-refractivity contribution is 0.250. The summed E-state index contributed by atoms with van der Waals surface area (Å²) in [5.41, 5.74) is 14.5. The van der Waals surface area contributed by atoms with Crippen LogP contribution in [0, 0.1) is 28.6 Å². The molecule has 1 heterocycles. The van der Waals surface area contributed by atoms with Crippen LogP contribution in [0.25, 0.3) is 11.3 Å². The predicted octanol–water partition coefficient (Wildman–Crippen LogP) is 4.84. The summed E-state index contributed by atoms with van der Waals surface area (Å²) in [6, 6.07) is 17.8. The average molecular weight is 464 g/mol. The summed E-state index contributed by atoms with van der Waals surface area (Å²) < 4.78 is 11.8. The summed E-state index contributed by atoms with van der Waals surface area (Å²) in [5, 5.41) is 17.7. The van der Waals surface area contributed by atoms with Crippen LogP contribution in [0.2, 0.25) is 0 Å². The second kappa shape index (κ2) is 9.17. The van der Waals surface area contributed by atoms with Crippen LogP contribution in [0.3, 0.4) is 0 Å². The fraction of sp³-hybridized carbons (Fsp3) is 0.136. The number of aromatic nitrogens is 1. The number of nitrogen functional groups attached to an aromatic ring is 2. The van der Waals surface area contributed by atoms with Crippen molar-refractivity contribution in [2.75, 3.05) is 11.5 Å². The van der Waals surface area contributed by atoms with Gasteiger partial charge in [-0.15, -0.1) is 0 Å². The molecule has 0 aliphatic heterocycles. The molecule has 30 heavy (non-hydrogen) atoms. The fourth-order valence-electron chi connectivity index (χ4n) is 2.62. The van der Waals surface area contributed by atoms with Crippen LogP contribution in [0.4, 0.5) is 11.4 Å². The highest BCUT2D eigenvalue weighted by Crippen LogP contribution is 2.39. The number of para-hydroxylation sites is 2. The largest absolute Gasteiger partial charge is 0.474 e. The SMILES string of the molecule is CC(C#N)C(Br)Oc1ccccc1Oc1ccnc(-c2cc(C#N)ccc2N)c1N. The highest BCUT2D eigenvalue weighted by molar-refractivity contribution is 9.09. The zero-order valence-electron chi connectivity index (χ0n) is 16.0. The van der Waals surface area contributed by atoms with Crippen LogP contribution >= 0.6 is 15.9 Å². The molecule has 3 rings (SSSR count).